The van der Waals surface area contributed by atoms with Crippen LogP contribution in [0.4, 0.5) is 4.39 Å². The number of halogens is 1. The average molecular weight is 594 g/mol. The van der Waals surface area contributed by atoms with Crippen LogP contribution in [-0.2, 0) is 5.41 Å². The lowest BCUT2D eigenvalue weighted by Crippen LogP contribution is -2.18. The molecule has 4 heteroatoms. The molecule has 0 saturated heterocycles. The second kappa shape index (κ2) is 14.3. The summed E-state index contributed by atoms with van der Waals surface area (Å²) in [6.07, 6.45) is 11.6. The Morgan fingerprint density at radius 1 is 0.705 bits per heavy atom. The zero-order valence-electron chi connectivity index (χ0n) is 27.0. The molecule has 0 atom stereocenters. The fourth-order valence-electron chi connectivity index (χ4n) is 6.43. The van der Waals surface area contributed by atoms with Crippen molar-refractivity contribution in [2.24, 2.45) is 0 Å². The standard InChI is InChI=1S/C40H48FNO2/c1-5-7-9-10-11-16-24-40(3,4)29-26-34(33-28-30(41)22-23-38(33)44-25-17-8-6-2)39(43)37(27-29)42-35-20-14-12-18-31(35)32-19-13-15-21-36(32)42/h12-15,18-23,26-28,43H,5-11,16-17,24-25H2,1-4H3. The highest BCUT2D eigenvalue weighted by Gasteiger charge is 2.27. The maximum atomic E-state index is 14.9. The summed E-state index contributed by atoms with van der Waals surface area (Å²) in [5, 5.41) is 14.4. The van der Waals surface area contributed by atoms with E-state index < -0.39 is 0 Å². The molecule has 0 unspecified atom stereocenters. The Bertz CT molecular complexity index is 1650. The Balaban J connectivity index is 1.67. The van der Waals surface area contributed by atoms with Gasteiger partial charge in [-0.25, -0.2) is 4.39 Å². The molecular weight excluding hydrogens is 545 g/mol. The first-order chi connectivity index (χ1) is 21.4. The van der Waals surface area contributed by atoms with E-state index in [1.807, 2.05) is 12.1 Å². The van der Waals surface area contributed by atoms with E-state index in [1.165, 1.54) is 44.2 Å². The SMILES string of the molecule is CCCCCCCCC(C)(C)c1cc(-c2cc(F)ccc2OCCCCC)c(O)c(-n2c3ccccc3c3ccccc32)c1. The summed E-state index contributed by atoms with van der Waals surface area (Å²) in [5.41, 5.74) is 4.89. The minimum absolute atomic E-state index is 0.125. The third-order valence-corrected chi connectivity index (χ3v) is 9.08. The third-order valence-electron chi connectivity index (χ3n) is 9.08. The number of phenols is 1. The van der Waals surface area contributed by atoms with Crippen molar-refractivity contribution in [1.29, 1.82) is 0 Å². The van der Waals surface area contributed by atoms with Crippen molar-refractivity contribution in [3.8, 4) is 28.3 Å². The maximum Gasteiger partial charge on any atom is 0.147 e. The number of unbranched alkanes of at least 4 members (excludes halogenated alkanes) is 7. The van der Waals surface area contributed by atoms with Gasteiger partial charge in [0.05, 0.1) is 23.3 Å². The van der Waals surface area contributed by atoms with Crippen LogP contribution in [0.2, 0.25) is 0 Å². The number of aromatic hydroxyl groups is 1. The van der Waals surface area contributed by atoms with Crippen molar-refractivity contribution in [2.75, 3.05) is 6.61 Å². The first kappa shape index (κ1) is 31.6. The van der Waals surface area contributed by atoms with E-state index in [0.717, 1.165) is 59.5 Å². The van der Waals surface area contributed by atoms with Gasteiger partial charge in [-0.05, 0) is 66.3 Å². The van der Waals surface area contributed by atoms with Crippen LogP contribution >= 0.6 is 0 Å². The number of phenolic OH excluding ortho intramolecular Hbond substituents is 1. The molecule has 1 aromatic heterocycles. The summed E-state index contributed by atoms with van der Waals surface area (Å²) in [6.45, 7) is 9.55. The van der Waals surface area contributed by atoms with Gasteiger partial charge in [0.25, 0.3) is 0 Å². The topological polar surface area (TPSA) is 34.4 Å². The van der Waals surface area contributed by atoms with Crippen LogP contribution in [0.25, 0.3) is 38.6 Å². The molecule has 1 N–H and O–H groups in total. The number of aromatic nitrogens is 1. The lowest BCUT2D eigenvalue weighted by Gasteiger charge is -2.28. The summed E-state index contributed by atoms with van der Waals surface area (Å²) in [6, 6.07) is 25.5. The molecule has 0 aliphatic rings. The summed E-state index contributed by atoms with van der Waals surface area (Å²) >= 11 is 0. The second-order valence-corrected chi connectivity index (χ2v) is 12.9. The zero-order valence-corrected chi connectivity index (χ0v) is 27.0. The molecule has 4 aromatic carbocycles. The number of benzene rings is 4. The van der Waals surface area contributed by atoms with Gasteiger partial charge in [-0.3, -0.25) is 0 Å². The monoisotopic (exact) mass is 593 g/mol. The molecule has 1 heterocycles. The van der Waals surface area contributed by atoms with Crippen molar-refractivity contribution < 1.29 is 14.2 Å². The smallest absolute Gasteiger partial charge is 0.147 e. The van der Waals surface area contributed by atoms with Gasteiger partial charge in [-0.2, -0.15) is 0 Å². The van der Waals surface area contributed by atoms with Crippen molar-refractivity contribution in [1.82, 2.24) is 4.57 Å². The van der Waals surface area contributed by atoms with Crippen LogP contribution in [0.1, 0.15) is 97.5 Å². The first-order valence-corrected chi connectivity index (χ1v) is 16.6. The van der Waals surface area contributed by atoms with E-state index in [2.05, 4.69) is 80.8 Å². The second-order valence-electron chi connectivity index (χ2n) is 12.9. The van der Waals surface area contributed by atoms with E-state index in [-0.39, 0.29) is 17.0 Å². The highest BCUT2D eigenvalue weighted by molar-refractivity contribution is 6.09. The number of ether oxygens (including phenoxy) is 1. The predicted molar refractivity (Wildman–Crippen MR) is 184 cm³/mol. The van der Waals surface area contributed by atoms with Gasteiger partial charge in [0.15, 0.2) is 0 Å². The van der Waals surface area contributed by atoms with E-state index in [9.17, 15) is 9.50 Å². The van der Waals surface area contributed by atoms with Crippen molar-refractivity contribution >= 4 is 21.8 Å². The average Bonchev–Trinajstić information content (AvgIpc) is 3.36. The lowest BCUT2D eigenvalue weighted by atomic mass is 9.78. The van der Waals surface area contributed by atoms with Crippen LogP contribution in [0.5, 0.6) is 11.5 Å². The molecule has 44 heavy (non-hydrogen) atoms. The molecule has 0 fully saturated rings. The molecule has 5 aromatic rings. The fourth-order valence-corrected chi connectivity index (χ4v) is 6.43. The largest absolute Gasteiger partial charge is 0.505 e. The predicted octanol–water partition coefficient (Wildman–Crippen LogP) is 11.9. The Morgan fingerprint density at radius 3 is 2.00 bits per heavy atom. The Morgan fingerprint density at radius 2 is 1.32 bits per heavy atom. The van der Waals surface area contributed by atoms with Crippen LogP contribution in [-0.4, -0.2) is 16.3 Å². The highest BCUT2D eigenvalue weighted by Crippen LogP contribution is 2.45. The van der Waals surface area contributed by atoms with Crippen molar-refractivity contribution in [3.05, 3.63) is 90.2 Å². The van der Waals surface area contributed by atoms with E-state index in [4.69, 9.17) is 4.74 Å². The van der Waals surface area contributed by atoms with Crippen LogP contribution in [0.3, 0.4) is 0 Å². The van der Waals surface area contributed by atoms with E-state index in [1.54, 1.807) is 6.07 Å². The van der Waals surface area contributed by atoms with Gasteiger partial charge >= 0.3 is 0 Å². The molecule has 3 nitrogen and oxygen atoms in total. The Hall–Kier alpha value is -3.79. The minimum atomic E-state index is -0.351. The molecular formula is C40H48FNO2. The molecule has 0 bridgehead atoms. The molecule has 0 aliphatic carbocycles. The van der Waals surface area contributed by atoms with Gasteiger partial charge in [0.1, 0.15) is 17.3 Å². The van der Waals surface area contributed by atoms with Crippen molar-refractivity contribution in [3.63, 3.8) is 0 Å². The lowest BCUT2D eigenvalue weighted by molar-refractivity contribution is 0.307. The molecule has 0 saturated carbocycles. The highest BCUT2D eigenvalue weighted by atomic mass is 19.1. The Labute approximate surface area is 262 Å². The number of hydrogen-bond acceptors (Lipinski definition) is 2. The first-order valence-electron chi connectivity index (χ1n) is 16.6. The maximum absolute atomic E-state index is 14.9. The molecule has 0 radical (unpaired) electrons. The quantitative estimate of drug-likeness (QED) is 0.123. The summed E-state index contributed by atoms with van der Waals surface area (Å²) in [7, 11) is 0. The Kier molecular flexibility index (Phi) is 10.3. The van der Waals surface area contributed by atoms with Gasteiger partial charge in [-0.1, -0.05) is 115 Å². The van der Waals surface area contributed by atoms with Gasteiger partial charge in [0, 0.05) is 21.9 Å². The van der Waals surface area contributed by atoms with Gasteiger partial charge in [0.2, 0.25) is 0 Å². The van der Waals surface area contributed by atoms with Gasteiger partial charge < -0.3 is 14.4 Å². The molecule has 0 amide bonds. The summed E-state index contributed by atoms with van der Waals surface area (Å²) in [4.78, 5) is 0. The van der Waals surface area contributed by atoms with E-state index >= 15 is 0 Å². The minimum Gasteiger partial charge on any atom is -0.505 e. The third kappa shape index (κ3) is 6.80. The zero-order chi connectivity index (χ0) is 31.1. The number of para-hydroxylation sites is 2. The number of rotatable bonds is 15. The molecule has 0 spiro atoms. The molecule has 232 valence electrons. The van der Waals surface area contributed by atoms with Crippen LogP contribution < -0.4 is 4.74 Å². The van der Waals surface area contributed by atoms with Crippen molar-refractivity contribution in [2.45, 2.75) is 97.3 Å². The summed E-state index contributed by atoms with van der Waals surface area (Å²) < 4.78 is 23.3. The van der Waals surface area contributed by atoms with Gasteiger partial charge in [-0.15, -0.1) is 0 Å². The molecule has 5 rings (SSSR count). The fraction of sp³-hybridized carbons (Fsp3) is 0.400. The summed E-state index contributed by atoms with van der Waals surface area (Å²) in [5.74, 6) is 0.368. The number of hydrogen-bond donors (Lipinski definition) is 1. The number of fused-ring (bicyclic) bond motifs is 3. The molecule has 0 aliphatic heterocycles. The normalized spacial score (nSPS) is 11.9. The van der Waals surface area contributed by atoms with E-state index in [0.29, 0.717) is 29.2 Å². The number of nitrogens with zero attached hydrogens (tertiary/aromatic N) is 1. The van der Waals surface area contributed by atoms with Crippen LogP contribution in [0, 0.1) is 5.82 Å². The van der Waals surface area contributed by atoms with Crippen LogP contribution in [0.15, 0.2) is 78.9 Å².